The van der Waals surface area contributed by atoms with Crippen LogP contribution in [0.1, 0.15) is 29.2 Å². The molecule has 4 rings (SSSR count). The number of aromatic nitrogens is 1. The number of nitrogens with zero attached hydrogens (tertiary/aromatic N) is 2. The van der Waals surface area contributed by atoms with Gasteiger partial charge in [0.2, 0.25) is 5.91 Å². The summed E-state index contributed by atoms with van der Waals surface area (Å²) in [5, 5.41) is 16.8. The summed E-state index contributed by atoms with van der Waals surface area (Å²) in [6.45, 7) is 1.65. The normalized spacial score (nSPS) is 12.8. The Hall–Kier alpha value is -4.72. The van der Waals surface area contributed by atoms with Crippen LogP contribution in [0.3, 0.4) is 0 Å². The smallest absolute Gasteiger partial charge is 0.411 e. The largest absolute Gasteiger partial charge is 0.416 e. The number of amides is 1. The van der Waals surface area contributed by atoms with E-state index in [9.17, 15) is 18.0 Å². The van der Waals surface area contributed by atoms with E-state index < -0.39 is 11.7 Å². The summed E-state index contributed by atoms with van der Waals surface area (Å²) >= 11 is 0. The standard InChI is InChI=1S/C29H22F3N3O2/c1-19(35-37)20-8-10-21(11-9-20)25(22-12-14-24(15-13-22)29(30,31)32)5-3-7-28(36)34-27-6-2-4-23-18-33-17-16-26(23)27/h2-18,37H,1H3,(H,34,36)/b7-3+,25-5+,35-19+. The number of benzene rings is 3. The monoisotopic (exact) mass is 501 g/mol. The summed E-state index contributed by atoms with van der Waals surface area (Å²) < 4.78 is 39.2. The number of pyridine rings is 1. The molecule has 1 aromatic heterocycles. The van der Waals surface area contributed by atoms with E-state index in [2.05, 4.69) is 15.5 Å². The topological polar surface area (TPSA) is 74.6 Å². The van der Waals surface area contributed by atoms with Gasteiger partial charge < -0.3 is 10.5 Å². The van der Waals surface area contributed by atoms with Crippen molar-refractivity contribution in [2.75, 3.05) is 5.32 Å². The van der Waals surface area contributed by atoms with Crippen LogP contribution in [0.15, 0.2) is 109 Å². The zero-order chi connectivity index (χ0) is 26.4. The van der Waals surface area contributed by atoms with Gasteiger partial charge in [-0.3, -0.25) is 9.78 Å². The van der Waals surface area contributed by atoms with E-state index in [4.69, 9.17) is 5.21 Å². The molecular weight excluding hydrogens is 479 g/mol. The highest BCUT2D eigenvalue weighted by Gasteiger charge is 2.30. The first-order valence-corrected chi connectivity index (χ1v) is 11.3. The van der Waals surface area contributed by atoms with Crippen LogP contribution in [-0.4, -0.2) is 21.8 Å². The van der Waals surface area contributed by atoms with Gasteiger partial charge in [0, 0.05) is 34.9 Å². The molecule has 2 N–H and O–H groups in total. The molecule has 8 heteroatoms. The molecule has 0 bridgehead atoms. The predicted molar refractivity (Wildman–Crippen MR) is 138 cm³/mol. The molecule has 0 aliphatic carbocycles. The molecule has 186 valence electrons. The fraction of sp³-hybridized carbons (Fsp3) is 0.0690. The molecule has 0 atom stereocenters. The SMILES string of the molecule is C/C(=N\O)c1ccc(/C(=C\C=C\C(=O)Nc2cccc3cnccc23)c2ccc(C(F)(F)F)cc2)cc1. The lowest BCUT2D eigenvalue weighted by molar-refractivity contribution is -0.137. The van der Waals surface area contributed by atoms with Crippen LogP contribution in [0.4, 0.5) is 18.9 Å². The van der Waals surface area contributed by atoms with E-state index in [1.165, 1.54) is 18.2 Å². The molecule has 1 heterocycles. The van der Waals surface area contributed by atoms with Crippen molar-refractivity contribution < 1.29 is 23.2 Å². The number of fused-ring (bicyclic) bond motifs is 1. The molecule has 0 aliphatic heterocycles. The molecule has 0 saturated heterocycles. The number of allylic oxidation sites excluding steroid dienone is 2. The Bertz CT molecular complexity index is 1500. The van der Waals surface area contributed by atoms with E-state index in [0.717, 1.165) is 22.9 Å². The molecule has 4 aromatic rings. The first-order chi connectivity index (χ1) is 17.8. The number of anilines is 1. The Morgan fingerprint density at radius 3 is 2.24 bits per heavy atom. The maximum Gasteiger partial charge on any atom is 0.416 e. The van der Waals surface area contributed by atoms with E-state index in [1.54, 1.807) is 61.8 Å². The van der Waals surface area contributed by atoms with Gasteiger partial charge >= 0.3 is 6.18 Å². The highest BCUT2D eigenvalue weighted by Crippen LogP contribution is 2.31. The first kappa shape index (κ1) is 25.4. The molecule has 0 unspecified atom stereocenters. The Morgan fingerprint density at radius 1 is 0.946 bits per heavy atom. The van der Waals surface area contributed by atoms with Gasteiger partial charge in [0.05, 0.1) is 11.3 Å². The fourth-order valence-corrected chi connectivity index (χ4v) is 3.78. The van der Waals surface area contributed by atoms with Crippen molar-refractivity contribution in [3.63, 3.8) is 0 Å². The molecule has 37 heavy (non-hydrogen) atoms. The number of carbonyl (C=O) groups is 1. The minimum atomic E-state index is -4.44. The number of hydrogen-bond donors (Lipinski definition) is 2. The lowest BCUT2D eigenvalue weighted by atomic mass is 9.95. The summed E-state index contributed by atoms with van der Waals surface area (Å²) in [5.41, 5.74) is 2.87. The van der Waals surface area contributed by atoms with Gasteiger partial charge in [-0.05, 0) is 53.5 Å². The average molecular weight is 502 g/mol. The van der Waals surface area contributed by atoms with Crippen molar-refractivity contribution in [2.24, 2.45) is 5.16 Å². The van der Waals surface area contributed by atoms with E-state index in [-0.39, 0.29) is 5.91 Å². The van der Waals surface area contributed by atoms with Gasteiger partial charge in [-0.15, -0.1) is 0 Å². The number of halogens is 3. The molecule has 0 fully saturated rings. The van der Waals surface area contributed by atoms with Gasteiger partial charge in [0.15, 0.2) is 0 Å². The van der Waals surface area contributed by atoms with Crippen molar-refractivity contribution in [1.82, 2.24) is 4.98 Å². The maximum atomic E-state index is 13.1. The van der Waals surface area contributed by atoms with Crippen LogP contribution in [0.5, 0.6) is 0 Å². The second kappa shape index (κ2) is 10.9. The Balaban J connectivity index is 1.63. The summed E-state index contributed by atoms with van der Waals surface area (Å²) in [5.74, 6) is -0.363. The molecule has 0 spiro atoms. The van der Waals surface area contributed by atoms with Crippen LogP contribution in [0.25, 0.3) is 16.3 Å². The van der Waals surface area contributed by atoms with Crippen LogP contribution in [-0.2, 0) is 11.0 Å². The van der Waals surface area contributed by atoms with Crippen LogP contribution >= 0.6 is 0 Å². The van der Waals surface area contributed by atoms with E-state index in [1.807, 2.05) is 18.2 Å². The zero-order valence-electron chi connectivity index (χ0n) is 19.7. The van der Waals surface area contributed by atoms with Gasteiger partial charge in [-0.2, -0.15) is 13.2 Å². The Morgan fingerprint density at radius 2 is 1.59 bits per heavy atom. The number of carbonyl (C=O) groups excluding carboxylic acids is 1. The molecule has 0 saturated carbocycles. The van der Waals surface area contributed by atoms with E-state index in [0.29, 0.717) is 33.7 Å². The number of nitrogens with one attached hydrogen (secondary N) is 1. The zero-order valence-corrected chi connectivity index (χ0v) is 19.7. The van der Waals surface area contributed by atoms with Crippen molar-refractivity contribution in [3.8, 4) is 0 Å². The molecular formula is C29H22F3N3O2. The average Bonchev–Trinajstić information content (AvgIpc) is 2.91. The van der Waals surface area contributed by atoms with Gasteiger partial charge in [-0.1, -0.05) is 65.8 Å². The van der Waals surface area contributed by atoms with Crippen LogP contribution < -0.4 is 5.32 Å². The molecule has 1 amide bonds. The summed E-state index contributed by atoms with van der Waals surface area (Å²) in [6.07, 6.45) is 3.47. The van der Waals surface area contributed by atoms with Gasteiger partial charge in [-0.25, -0.2) is 0 Å². The Labute approximate surface area is 211 Å². The number of oxime groups is 1. The lowest BCUT2D eigenvalue weighted by Crippen LogP contribution is -2.08. The molecule has 0 aliphatic rings. The van der Waals surface area contributed by atoms with E-state index >= 15 is 0 Å². The highest BCUT2D eigenvalue weighted by atomic mass is 19.4. The first-order valence-electron chi connectivity index (χ1n) is 11.3. The molecule has 0 radical (unpaired) electrons. The summed E-state index contributed by atoms with van der Waals surface area (Å²) in [6, 6.07) is 19.2. The summed E-state index contributed by atoms with van der Waals surface area (Å²) in [7, 11) is 0. The fourth-order valence-electron chi connectivity index (χ4n) is 3.78. The quantitative estimate of drug-likeness (QED) is 0.0975. The number of rotatable bonds is 6. The van der Waals surface area contributed by atoms with Crippen molar-refractivity contribution in [1.29, 1.82) is 0 Å². The van der Waals surface area contributed by atoms with Crippen LogP contribution in [0, 0.1) is 0 Å². The second-order valence-corrected chi connectivity index (χ2v) is 8.17. The van der Waals surface area contributed by atoms with Crippen molar-refractivity contribution >= 4 is 33.7 Å². The Kier molecular flexibility index (Phi) is 7.48. The summed E-state index contributed by atoms with van der Waals surface area (Å²) in [4.78, 5) is 16.7. The third-order valence-electron chi connectivity index (χ3n) is 5.74. The third-order valence-corrected chi connectivity index (χ3v) is 5.74. The second-order valence-electron chi connectivity index (χ2n) is 8.17. The van der Waals surface area contributed by atoms with Gasteiger partial charge in [0.25, 0.3) is 0 Å². The number of alkyl halides is 3. The maximum absolute atomic E-state index is 13.1. The van der Waals surface area contributed by atoms with Crippen molar-refractivity contribution in [2.45, 2.75) is 13.1 Å². The molecule has 5 nitrogen and oxygen atoms in total. The minimum Gasteiger partial charge on any atom is -0.411 e. The minimum absolute atomic E-state index is 0.363. The van der Waals surface area contributed by atoms with Crippen molar-refractivity contribution in [3.05, 3.63) is 126 Å². The predicted octanol–water partition coefficient (Wildman–Crippen LogP) is 7.08. The van der Waals surface area contributed by atoms with Crippen LogP contribution in [0.2, 0.25) is 0 Å². The van der Waals surface area contributed by atoms with Gasteiger partial charge in [0.1, 0.15) is 0 Å². The molecule has 3 aromatic carbocycles. The third kappa shape index (κ3) is 6.10. The lowest BCUT2D eigenvalue weighted by Gasteiger charge is -2.11. The number of hydrogen-bond acceptors (Lipinski definition) is 4. The highest BCUT2D eigenvalue weighted by molar-refractivity contribution is 6.06.